The van der Waals surface area contributed by atoms with Gasteiger partial charge in [0.15, 0.2) is 0 Å². The molecular formula is C12H16N2O2. The van der Waals surface area contributed by atoms with Gasteiger partial charge in [-0.05, 0) is 25.0 Å². The fourth-order valence-corrected chi connectivity index (χ4v) is 1.64. The van der Waals surface area contributed by atoms with E-state index in [1.54, 1.807) is 13.2 Å². The molecule has 1 amide bonds. The fraction of sp³-hybridized carbons (Fsp3) is 0.417. The maximum absolute atomic E-state index is 11.9. The minimum absolute atomic E-state index is 0.0169. The summed E-state index contributed by atoms with van der Waals surface area (Å²) in [4.78, 5) is 11.9. The number of anilines is 1. The summed E-state index contributed by atoms with van der Waals surface area (Å²) in [5.74, 6) is 0.749. The first-order valence-electron chi connectivity index (χ1n) is 5.36. The average molecular weight is 220 g/mol. The van der Waals surface area contributed by atoms with E-state index < -0.39 is 0 Å². The number of hydrogen-bond acceptors (Lipinski definition) is 3. The van der Waals surface area contributed by atoms with Gasteiger partial charge < -0.3 is 15.8 Å². The van der Waals surface area contributed by atoms with E-state index in [4.69, 9.17) is 10.5 Å². The molecule has 1 aliphatic rings. The average Bonchev–Trinajstić information content (AvgIpc) is 3.10. The van der Waals surface area contributed by atoms with Crippen LogP contribution in [-0.2, 0) is 4.79 Å². The zero-order valence-corrected chi connectivity index (χ0v) is 9.32. The molecule has 0 aromatic heterocycles. The number of nitrogens with one attached hydrogen (secondary N) is 1. The molecular weight excluding hydrogens is 204 g/mol. The van der Waals surface area contributed by atoms with Crippen LogP contribution in [0.25, 0.3) is 0 Å². The van der Waals surface area contributed by atoms with Crippen molar-refractivity contribution in [2.45, 2.75) is 12.8 Å². The van der Waals surface area contributed by atoms with Gasteiger partial charge >= 0.3 is 0 Å². The molecule has 86 valence electrons. The standard InChI is InChI=1S/C12H16N2O2/c1-16-10-4-2-3-9(7-10)14-11(15)12(8-13)5-6-12/h2-4,7H,5-6,8,13H2,1H3,(H,14,15). The lowest BCUT2D eigenvalue weighted by Gasteiger charge is -2.13. The van der Waals surface area contributed by atoms with Crippen molar-refractivity contribution in [3.8, 4) is 5.75 Å². The van der Waals surface area contributed by atoms with Gasteiger partial charge in [0.05, 0.1) is 12.5 Å². The summed E-state index contributed by atoms with van der Waals surface area (Å²) in [5.41, 5.74) is 6.03. The number of carbonyl (C=O) groups excluding carboxylic acids is 1. The molecule has 0 atom stereocenters. The van der Waals surface area contributed by atoms with Gasteiger partial charge in [-0.1, -0.05) is 6.07 Å². The van der Waals surface area contributed by atoms with Crippen LogP contribution in [0.3, 0.4) is 0 Å². The van der Waals surface area contributed by atoms with Crippen molar-refractivity contribution in [1.29, 1.82) is 0 Å². The highest BCUT2D eigenvalue weighted by atomic mass is 16.5. The number of nitrogens with two attached hydrogens (primary N) is 1. The molecule has 0 bridgehead atoms. The zero-order chi connectivity index (χ0) is 11.6. The summed E-state index contributed by atoms with van der Waals surface area (Å²) in [6.45, 7) is 0.419. The summed E-state index contributed by atoms with van der Waals surface area (Å²) < 4.78 is 5.09. The number of methoxy groups -OCH3 is 1. The quantitative estimate of drug-likeness (QED) is 0.805. The SMILES string of the molecule is COc1cccc(NC(=O)C2(CN)CC2)c1. The Hall–Kier alpha value is -1.55. The minimum Gasteiger partial charge on any atom is -0.497 e. The topological polar surface area (TPSA) is 64.3 Å². The largest absolute Gasteiger partial charge is 0.497 e. The van der Waals surface area contributed by atoms with Crippen LogP contribution in [0.4, 0.5) is 5.69 Å². The molecule has 0 unspecified atom stereocenters. The highest BCUT2D eigenvalue weighted by Gasteiger charge is 2.48. The van der Waals surface area contributed by atoms with E-state index >= 15 is 0 Å². The number of amides is 1. The smallest absolute Gasteiger partial charge is 0.231 e. The molecule has 0 saturated heterocycles. The number of hydrogen-bond donors (Lipinski definition) is 2. The molecule has 16 heavy (non-hydrogen) atoms. The Bertz CT molecular complexity index is 400. The predicted octanol–water partition coefficient (Wildman–Crippen LogP) is 1.37. The van der Waals surface area contributed by atoms with E-state index in [1.165, 1.54) is 0 Å². The highest BCUT2D eigenvalue weighted by Crippen LogP contribution is 2.45. The molecule has 4 nitrogen and oxygen atoms in total. The predicted molar refractivity (Wildman–Crippen MR) is 62.3 cm³/mol. The van der Waals surface area contributed by atoms with Crippen LogP contribution in [0.15, 0.2) is 24.3 Å². The third-order valence-corrected chi connectivity index (χ3v) is 3.05. The molecule has 0 aliphatic heterocycles. The Labute approximate surface area is 94.8 Å². The molecule has 0 heterocycles. The molecule has 1 fully saturated rings. The first-order chi connectivity index (χ1) is 7.70. The van der Waals surface area contributed by atoms with Crippen molar-refractivity contribution in [2.75, 3.05) is 19.0 Å². The van der Waals surface area contributed by atoms with Crippen molar-refractivity contribution in [2.24, 2.45) is 11.1 Å². The Kier molecular flexibility index (Phi) is 2.83. The summed E-state index contributed by atoms with van der Waals surface area (Å²) in [5, 5.41) is 2.87. The first kappa shape index (κ1) is 11.0. The number of rotatable bonds is 4. The van der Waals surface area contributed by atoms with Crippen LogP contribution in [0, 0.1) is 5.41 Å². The van der Waals surface area contributed by atoms with Crippen molar-refractivity contribution < 1.29 is 9.53 Å². The Morgan fingerprint density at radius 3 is 2.88 bits per heavy atom. The van der Waals surface area contributed by atoms with E-state index in [1.807, 2.05) is 18.2 Å². The zero-order valence-electron chi connectivity index (χ0n) is 9.32. The summed E-state index contributed by atoms with van der Waals surface area (Å²) in [6.07, 6.45) is 1.78. The first-order valence-corrected chi connectivity index (χ1v) is 5.36. The van der Waals surface area contributed by atoms with Crippen LogP contribution in [-0.4, -0.2) is 19.6 Å². The third kappa shape index (κ3) is 2.02. The molecule has 4 heteroatoms. The van der Waals surface area contributed by atoms with Crippen LogP contribution >= 0.6 is 0 Å². The van der Waals surface area contributed by atoms with Crippen LogP contribution in [0.1, 0.15) is 12.8 Å². The van der Waals surface area contributed by atoms with Gasteiger partial charge in [-0.15, -0.1) is 0 Å². The summed E-state index contributed by atoms with van der Waals surface area (Å²) in [6, 6.07) is 7.32. The van der Waals surface area contributed by atoms with E-state index in [-0.39, 0.29) is 11.3 Å². The maximum Gasteiger partial charge on any atom is 0.231 e. The lowest BCUT2D eigenvalue weighted by atomic mass is 10.1. The minimum atomic E-state index is -0.316. The summed E-state index contributed by atoms with van der Waals surface area (Å²) >= 11 is 0. The van der Waals surface area contributed by atoms with Gasteiger partial charge in [0.1, 0.15) is 5.75 Å². The van der Waals surface area contributed by atoms with Gasteiger partial charge in [0.25, 0.3) is 0 Å². The molecule has 3 N–H and O–H groups in total. The molecule has 1 saturated carbocycles. The molecule has 2 rings (SSSR count). The van der Waals surface area contributed by atoms with Crippen LogP contribution < -0.4 is 15.8 Å². The second-order valence-corrected chi connectivity index (χ2v) is 4.17. The highest BCUT2D eigenvalue weighted by molar-refractivity contribution is 5.97. The number of carbonyl (C=O) groups is 1. The van der Waals surface area contributed by atoms with E-state index in [2.05, 4.69) is 5.32 Å². The number of ether oxygens (including phenoxy) is 1. The summed E-state index contributed by atoms with van der Waals surface area (Å²) in [7, 11) is 1.60. The molecule has 0 spiro atoms. The Morgan fingerprint density at radius 2 is 2.31 bits per heavy atom. The second kappa shape index (κ2) is 4.14. The van der Waals surface area contributed by atoms with Gasteiger partial charge in [-0.3, -0.25) is 4.79 Å². The molecule has 1 aliphatic carbocycles. The monoisotopic (exact) mass is 220 g/mol. The van der Waals surface area contributed by atoms with Gasteiger partial charge in [0.2, 0.25) is 5.91 Å². The lowest BCUT2D eigenvalue weighted by molar-refractivity contribution is -0.120. The molecule has 1 aromatic carbocycles. The Morgan fingerprint density at radius 1 is 1.56 bits per heavy atom. The van der Waals surface area contributed by atoms with Gasteiger partial charge in [-0.2, -0.15) is 0 Å². The molecule has 1 aromatic rings. The maximum atomic E-state index is 11.9. The van der Waals surface area contributed by atoms with Crippen molar-refractivity contribution in [1.82, 2.24) is 0 Å². The van der Waals surface area contributed by atoms with Crippen LogP contribution in [0.2, 0.25) is 0 Å². The van der Waals surface area contributed by atoms with Crippen molar-refractivity contribution in [3.05, 3.63) is 24.3 Å². The normalized spacial score (nSPS) is 16.6. The van der Waals surface area contributed by atoms with Crippen LogP contribution in [0.5, 0.6) is 5.75 Å². The van der Waals surface area contributed by atoms with E-state index in [9.17, 15) is 4.79 Å². The fourth-order valence-electron chi connectivity index (χ4n) is 1.64. The Balaban J connectivity index is 2.06. The number of benzene rings is 1. The second-order valence-electron chi connectivity index (χ2n) is 4.17. The third-order valence-electron chi connectivity index (χ3n) is 3.05. The van der Waals surface area contributed by atoms with E-state index in [0.29, 0.717) is 6.54 Å². The van der Waals surface area contributed by atoms with Gasteiger partial charge in [-0.25, -0.2) is 0 Å². The van der Waals surface area contributed by atoms with Crippen molar-refractivity contribution >= 4 is 11.6 Å². The van der Waals surface area contributed by atoms with Gasteiger partial charge in [0, 0.05) is 18.3 Å². The lowest BCUT2D eigenvalue weighted by Crippen LogP contribution is -2.30. The molecule has 0 radical (unpaired) electrons. The van der Waals surface area contributed by atoms with Crippen molar-refractivity contribution in [3.63, 3.8) is 0 Å². The van der Waals surface area contributed by atoms with E-state index in [0.717, 1.165) is 24.3 Å².